The number of aliphatic carboxylic acids is 1. The van der Waals surface area contributed by atoms with Gasteiger partial charge in [-0.15, -0.1) is 0 Å². The fourth-order valence-electron chi connectivity index (χ4n) is 2.13. The zero-order chi connectivity index (χ0) is 15.7. The molecular formula is C14H28N4O3. The second kappa shape index (κ2) is 8.84. The third kappa shape index (κ3) is 6.31. The Bertz CT molecular complexity index is 345. The van der Waals surface area contributed by atoms with Crippen LogP contribution in [0.2, 0.25) is 0 Å². The van der Waals surface area contributed by atoms with E-state index in [2.05, 4.69) is 20.9 Å². The van der Waals surface area contributed by atoms with Crippen molar-refractivity contribution in [3.8, 4) is 0 Å². The Kier molecular flexibility index (Phi) is 7.45. The zero-order valence-electron chi connectivity index (χ0n) is 13.1. The van der Waals surface area contributed by atoms with Gasteiger partial charge in [0, 0.05) is 39.3 Å². The molecule has 0 aromatic carbocycles. The van der Waals surface area contributed by atoms with Crippen molar-refractivity contribution in [2.24, 2.45) is 5.41 Å². The van der Waals surface area contributed by atoms with E-state index in [1.807, 2.05) is 0 Å². The van der Waals surface area contributed by atoms with Gasteiger partial charge in [-0.2, -0.15) is 0 Å². The van der Waals surface area contributed by atoms with E-state index in [-0.39, 0.29) is 12.6 Å². The van der Waals surface area contributed by atoms with Gasteiger partial charge in [-0.05, 0) is 26.3 Å². The largest absolute Gasteiger partial charge is 0.481 e. The molecule has 2 amide bonds. The molecule has 0 saturated carbocycles. The Hall–Kier alpha value is -1.34. The van der Waals surface area contributed by atoms with E-state index in [1.54, 1.807) is 13.8 Å². The third-order valence-corrected chi connectivity index (χ3v) is 4.08. The van der Waals surface area contributed by atoms with Gasteiger partial charge in [-0.25, -0.2) is 4.79 Å². The summed E-state index contributed by atoms with van der Waals surface area (Å²) in [5, 5.41) is 17.8. The molecule has 1 atom stereocenters. The van der Waals surface area contributed by atoms with Crippen LogP contribution in [0.5, 0.6) is 0 Å². The first kappa shape index (κ1) is 17.7. The zero-order valence-corrected chi connectivity index (χ0v) is 13.1. The second-order valence-corrected chi connectivity index (χ2v) is 5.77. The summed E-state index contributed by atoms with van der Waals surface area (Å²) in [7, 11) is 0. The van der Waals surface area contributed by atoms with Crippen LogP contribution in [0.4, 0.5) is 4.79 Å². The summed E-state index contributed by atoms with van der Waals surface area (Å²) >= 11 is 0. The molecule has 1 unspecified atom stereocenters. The lowest BCUT2D eigenvalue weighted by Crippen LogP contribution is -2.46. The van der Waals surface area contributed by atoms with Crippen LogP contribution in [-0.4, -0.2) is 67.8 Å². The normalized spacial score (nSPS) is 18.8. The lowest BCUT2D eigenvalue weighted by atomic mass is 9.88. The molecule has 1 heterocycles. The van der Waals surface area contributed by atoms with Gasteiger partial charge in [0.25, 0.3) is 0 Å². The maximum Gasteiger partial charge on any atom is 0.314 e. The second-order valence-electron chi connectivity index (χ2n) is 5.77. The Balaban J connectivity index is 2.12. The van der Waals surface area contributed by atoms with Crippen molar-refractivity contribution in [1.82, 2.24) is 20.9 Å². The van der Waals surface area contributed by atoms with Gasteiger partial charge in [0.15, 0.2) is 0 Å². The minimum atomic E-state index is -0.905. The summed E-state index contributed by atoms with van der Waals surface area (Å²) in [5.41, 5.74) is -0.905. The van der Waals surface area contributed by atoms with Crippen LogP contribution < -0.4 is 16.0 Å². The number of nitrogens with zero attached hydrogens (tertiary/aromatic N) is 1. The summed E-state index contributed by atoms with van der Waals surface area (Å²) in [6, 6.07) is -0.295. The Morgan fingerprint density at radius 2 is 1.95 bits per heavy atom. The number of piperazine rings is 1. The molecule has 122 valence electrons. The number of carboxylic acid groups (broad SMARTS) is 1. The predicted molar refractivity (Wildman–Crippen MR) is 81.4 cm³/mol. The molecule has 0 aliphatic carbocycles. The molecule has 1 rings (SSSR count). The first-order valence-corrected chi connectivity index (χ1v) is 7.66. The minimum absolute atomic E-state index is 0.141. The van der Waals surface area contributed by atoms with Crippen molar-refractivity contribution in [3.63, 3.8) is 0 Å². The molecule has 7 nitrogen and oxygen atoms in total. The topological polar surface area (TPSA) is 93.7 Å². The highest BCUT2D eigenvalue weighted by Crippen LogP contribution is 2.19. The highest BCUT2D eigenvalue weighted by Gasteiger charge is 2.31. The van der Waals surface area contributed by atoms with E-state index in [0.717, 1.165) is 39.1 Å². The average molecular weight is 300 g/mol. The average Bonchev–Trinajstić information content (AvgIpc) is 2.50. The number of carbonyl (C=O) groups is 2. The van der Waals surface area contributed by atoms with Gasteiger partial charge in [0.05, 0.1) is 5.41 Å². The van der Waals surface area contributed by atoms with Gasteiger partial charge < -0.3 is 26.0 Å². The summed E-state index contributed by atoms with van der Waals surface area (Å²) < 4.78 is 0. The fraction of sp³-hybridized carbons (Fsp3) is 0.857. The molecule has 7 heteroatoms. The van der Waals surface area contributed by atoms with Gasteiger partial charge in [0.1, 0.15) is 0 Å². The molecule has 1 aliphatic heterocycles. The number of hydrogen-bond donors (Lipinski definition) is 4. The minimum Gasteiger partial charge on any atom is -0.481 e. The number of amides is 2. The summed E-state index contributed by atoms with van der Waals surface area (Å²) in [6.45, 7) is 9.33. The SMILES string of the molecule is CCC(C)(CNC(=O)NCCCN1CCNCC1)C(=O)O. The first-order chi connectivity index (χ1) is 9.98. The number of rotatable bonds is 8. The lowest BCUT2D eigenvalue weighted by Gasteiger charge is -2.27. The van der Waals surface area contributed by atoms with Crippen molar-refractivity contribution in [1.29, 1.82) is 0 Å². The molecular weight excluding hydrogens is 272 g/mol. The third-order valence-electron chi connectivity index (χ3n) is 4.08. The van der Waals surface area contributed by atoms with Crippen LogP contribution >= 0.6 is 0 Å². The van der Waals surface area contributed by atoms with Gasteiger partial charge >= 0.3 is 12.0 Å². The summed E-state index contributed by atoms with van der Waals surface area (Å²) in [4.78, 5) is 25.1. The number of carboxylic acids is 1. The molecule has 21 heavy (non-hydrogen) atoms. The van der Waals surface area contributed by atoms with Crippen molar-refractivity contribution < 1.29 is 14.7 Å². The van der Waals surface area contributed by atoms with E-state index in [0.29, 0.717) is 13.0 Å². The maximum absolute atomic E-state index is 11.6. The number of urea groups is 1. The highest BCUT2D eigenvalue weighted by atomic mass is 16.4. The van der Waals surface area contributed by atoms with Crippen molar-refractivity contribution >= 4 is 12.0 Å². The van der Waals surface area contributed by atoms with Crippen molar-refractivity contribution in [2.75, 3.05) is 45.8 Å². The number of hydrogen-bond acceptors (Lipinski definition) is 4. The van der Waals surface area contributed by atoms with E-state index in [1.165, 1.54) is 0 Å². The first-order valence-electron chi connectivity index (χ1n) is 7.66. The van der Waals surface area contributed by atoms with Crippen LogP contribution in [0.1, 0.15) is 26.7 Å². The van der Waals surface area contributed by atoms with E-state index in [9.17, 15) is 9.59 Å². The van der Waals surface area contributed by atoms with Gasteiger partial charge in [-0.3, -0.25) is 4.79 Å². The van der Waals surface area contributed by atoms with E-state index < -0.39 is 11.4 Å². The summed E-state index contributed by atoms with van der Waals surface area (Å²) in [6.07, 6.45) is 1.38. The van der Waals surface area contributed by atoms with E-state index in [4.69, 9.17) is 5.11 Å². The standard InChI is InChI=1S/C14H28N4O3/c1-3-14(2,12(19)20)11-17-13(21)16-5-4-8-18-9-6-15-7-10-18/h15H,3-11H2,1-2H3,(H,19,20)(H2,16,17,21). The number of nitrogens with one attached hydrogen (secondary N) is 3. The maximum atomic E-state index is 11.6. The Morgan fingerprint density at radius 3 is 2.52 bits per heavy atom. The van der Waals surface area contributed by atoms with Gasteiger partial charge in [-0.1, -0.05) is 6.92 Å². The van der Waals surface area contributed by atoms with Crippen LogP contribution in [0.25, 0.3) is 0 Å². The molecule has 0 aromatic heterocycles. The molecule has 0 bridgehead atoms. The molecule has 1 fully saturated rings. The lowest BCUT2D eigenvalue weighted by molar-refractivity contribution is -0.147. The number of carbonyl (C=O) groups excluding carboxylic acids is 1. The van der Waals surface area contributed by atoms with Crippen LogP contribution in [-0.2, 0) is 4.79 Å². The monoisotopic (exact) mass is 300 g/mol. The smallest absolute Gasteiger partial charge is 0.314 e. The Morgan fingerprint density at radius 1 is 1.29 bits per heavy atom. The molecule has 0 aromatic rings. The van der Waals surface area contributed by atoms with Crippen molar-refractivity contribution in [2.45, 2.75) is 26.7 Å². The van der Waals surface area contributed by atoms with Crippen LogP contribution in [0, 0.1) is 5.41 Å². The fourth-order valence-corrected chi connectivity index (χ4v) is 2.13. The van der Waals surface area contributed by atoms with Crippen molar-refractivity contribution in [3.05, 3.63) is 0 Å². The summed E-state index contributed by atoms with van der Waals surface area (Å²) in [5.74, 6) is -0.885. The molecule has 0 radical (unpaired) electrons. The molecule has 4 N–H and O–H groups in total. The molecule has 1 aliphatic rings. The molecule has 1 saturated heterocycles. The quantitative estimate of drug-likeness (QED) is 0.476. The Labute approximate surface area is 126 Å². The van der Waals surface area contributed by atoms with E-state index >= 15 is 0 Å². The van der Waals surface area contributed by atoms with Crippen LogP contribution in [0.15, 0.2) is 0 Å². The highest BCUT2D eigenvalue weighted by molar-refractivity contribution is 5.77. The van der Waals surface area contributed by atoms with Crippen LogP contribution in [0.3, 0.4) is 0 Å². The predicted octanol–water partition coefficient (Wildman–Crippen LogP) is 0.0818. The van der Waals surface area contributed by atoms with Gasteiger partial charge in [0.2, 0.25) is 0 Å². The molecule has 0 spiro atoms.